The fourth-order valence-corrected chi connectivity index (χ4v) is 2.92. The number of ketones is 1. The van der Waals surface area contributed by atoms with Crippen molar-refractivity contribution >= 4 is 31.1 Å². The molecule has 0 N–H and O–H groups in total. The molecule has 0 aliphatic rings. The van der Waals surface area contributed by atoms with E-state index in [0.29, 0.717) is 11.3 Å². The molecule has 0 bridgehead atoms. The molecule has 30 heavy (non-hydrogen) atoms. The Kier molecular flexibility index (Phi) is 6.97. The van der Waals surface area contributed by atoms with Crippen LogP contribution in [0.3, 0.4) is 0 Å². The first-order chi connectivity index (χ1) is 13.8. The lowest BCUT2D eigenvalue weighted by Crippen LogP contribution is -2.43. The summed E-state index contributed by atoms with van der Waals surface area (Å²) in [6.07, 6.45) is 3.37. The SMILES string of the molecule is Bc1ccc(C(=O)/C=C/c2cc(C)c(OC(C)(C)C(=O)OC(C)(C)C)c(C)c2)cc1. The van der Waals surface area contributed by atoms with Gasteiger partial charge < -0.3 is 9.47 Å². The number of allylic oxidation sites excluding steroid dienone is 1. The van der Waals surface area contributed by atoms with Crippen LogP contribution in [-0.2, 0) is 9.53 Å². The molecule has 2 aromatic rings. The number of rotatable bonds is 6. The van der Waals surface area contributed by atoms with Gasteiger partial charge in [-0.25, -0.2) is 4.79 Å². The Hall–Kier alpha value is -2.82. The van der Waals surface area contributed by atoms with Gasteiger partial charge in [0.25, 0.3) is 0 Å². The summed E-state index contributed by atoms with van der Waals surface area (Å²) >= 11 is 0. The third kappa shape index (κ3) is 6.34. The van der Waals surface area contributed by atoms with Crippen LogP contribution >= 0.6 is 0 Å². The van der Waals surface area contributed by atoms with Gasteiger partial charge in [0.05, 0.1) is 0 Å². The molecule has 0 saturated carbocycles. The Bertz CT molecular complexity index is 941. The van der Waals surface area contributed by atoms with Crippen LogP contribution in [-0.4, -0.2) is 30.8 Å². The maximum atomic E-state index is 12.5. The summed E-state index contributed by atoms with van der Waals surface area (Å²) < 4.78 is 11.5. The van der Waals surface area contributed by atoms with Crippen LogP contribution in [0, 0.1) is 13.8 Å². The van der Waals surface area contributed by atoms with Crippen LogP contribution < -0.4 is 10.2 Å². The van der Waals surface area contributed by atoms with Crippen molar-refractivity contribution in [2.24, 2.45) is 0 Å². The molecule has 0 saturated heterocycles. The van der Waals surface area contributed by atoms with Gasteiger partial charge in [-0.15, -0.1) is 0 Å². The van der Waals surface area contributed by atoms with E-state index in [2.05, 4.69) is 0 Å². The number of aryl methyl sites for hydroxylation is 2. The zero-order valence-electron chi connectivity index (χ0n) is 19.3. The predicted molar refractivity (Wildman–Crippen MR) is 124 cm³/mol. The third-order valence-electron chi connectivity index (χ3n) is 4.49. The smallest absolute Gasteiger partial charge is 0.350 e. The average Bonchev–Trinajstić information content (AvgIpc) is 2.62. The fraction of sp³-hybridized carbons (Fsp3) is 0.360. The van der Waals surface area contributed by atoms with Crippen molar-refractivity contribution in [3.05, 3.63) is 64.7 Å². The maximum Gasteiger partial charge on any atom is 0.350 e. The number of hydrogen-bond donors (Lipinski definition) is 0. The Labute approximate surface area is 180 Å². The predicted octanol–water partition coefficient (Wildman–Crippen LogP) is 3.96. The summed E-state index contributed by atoms with van der Waals surface area (Å²) in [4.78, 5) is 24.9. The minimum Gasteiger partial charge on any atom is -0.476 e. The van der Waals surface area contributed by atoms with E-state index in [0.717, 1.165) is 22.2 Å². The second-order valence-electron chi connectivity index (χ2n) is 9.16. The first-order valence-corrected chi connectivity index (χ1v) is 10.1. The van der Waals surface area contributed by atoms with E-state index in [1.54, 1.807) is 26.0 Å². The Morgan fingerprint density at radius 2 is 1.47 bits per heavy atom. The number of carbonyl (C=O) groups is 2. The molecule has 0 aliphatic carbocycles. The number of carbonyl (C=O) groups excluding carboxylic acids is 2. The van der Waals surface area contributed by atoms with Crippen molar-refractivity contribution in [3.8, 4) is 5.75 Å². The van der Waals surface area contributed by atoms with Crippen molar-refractivity contribution in [1.29, 1.82) is 0 Å². The molecule has 0 aromatic heterocycles. The molecule has 0 spiro atoms. The number of hydrogen-bond acceptors (Lipinski definition) is 4. The topological polar surface area (TPSA) is 52.6 Å². The molecule has 158 valence electrons. The lowest BCUT2D eigenvalue weighted by atomic mass is 9.94. The van der Waals surface area contributed by atoms with E-state index in [1.807, 2.05) is 78.9 Å². The average molecular weight is 406 g/mol. The van der Waals surface area contributed by atoms with Crippen LogP contribution in [0.4, 0.5) is 0 Å². The third-order valence-corrected chi connectivity index (χ3v) is 4.49. The van der Waals surface area contributed by atoms with Gasteiger partial charge >= 0.3 is 5.97 Å². The molecule has 2 aromatic carbocycles. The molecule has 0 unspecified atom stereocenters. The largest absolute Gasteiger partial charge is 0.476 e. The highest BCUT2D eigenvalue weighted by atomic mass is 16.6. The van der Waals surface area contributed by atoms with Crippen LogP contribution in [0.2, 0.25) is 0 Å². The van der Waals surface area contributed by atoms with Crippen LogP contribution in [0.5, 0.6) is 5.75 Å². The Morgan fingerprint density at radius 1 is 0.933 bits per heavy atom. The summed E-state index contributed by atoms with van der Waals surface area (Å²) in [6, 6.07) is 11.4. The van der Waals surface area contributed by atoms with Gasteiger partial charge in [-0.3, -0.25) is 4.79 Å². The van der Waals surface area contributed by atoms with Crippen LogP contribution in [0.15, 0.2) is 42.5 Å². The summed E-state index contributed by atoms with van der Waals surface area (Å²) in [6.45, 7) is 12.7. The van der Waals surface area contributed by atoms with Gasteiger partial charge in [0.2, 0.25) is 0 Å². The van der Waals surface area contributed by atoms with E-state index in [4.69, 9.17) is 9.47 Å². The standard InChI is InChI=1S/C25H31BO4/c1-16-14-18(8-13-21(27)19-9-11-20(26)12-10-19)15-17(2)22(16)29-25(6,7)23(28)30-24(3,4)5/h8-15H,26H2,1-7H3/b13-8+. The van der Waals surface area contributed by atoms with Gasteiger partial charge in [-0.1, -0.05) is 35.8 Å². The molecule has 4 nitrogen and oxygen atoms in total. The highest BCUT2D eigenvalue weighted by molar-refractivity contribution is 6.32. The number of benzene rings is 2. The van der Waals surface area contributed by atoms with Gasteiger partial charge in [0, 0.05) is 5.56 Å². The summed E-state index contributed by atoms with van der Waals surface area (Å²) in [5, 5.41) is 0. The lowest BCUT2D eigenvalue weighted by Gasteiger charge is -2.30. The van der Waals surface area contributed by atoms with Gasteiger partial charge in [-0.05, 0) is 83.4 Å². The molecule has 0 amide bonds. The molecule has 5 heteroatoms. The molecule has 0 radical (unpaired) electrons. The minimum atomic E-state index is -1.12. The molecule has 0 heterocycles. The van der Waals surface area contributed by atoms with Crippen molar-refractivity contribution < 1.29 is 19.1 Å². The van der Waals surface area contributed by atoms with E-state index >= 15 is 0 Å². The second-order valence-corrected chi connectivity index (χ2v) is 9.16. The molecule has 0 atom stereocenters. The number of ether oxygens (including phenoxy) is 2. The van der Waals surface area contributed by atoms with Crippen molar-refractivity contribution in [2.75, 3.05) is 0 Å². The quantitative estimate of drug-likeness (QED) is 0.316. The lowest BCUT2D eigenvalue weighted by molar-refractivity contribution is -0.171. The van der Waals surface area contributed by atoms with Gasteiger partial charge in [0.1, 0.15) is 19.2 Å². The summed E-state index contributed by atoms with van der Waals surface area (Å²) in [5.41, 5.74) is 2.73. The van der Waals surface area contributed by atoms with Gasteiger partial charge in [0.15, 0.2) is 11.4 Å². The maximum absolute atomic E-state index is 12.5. The Balaban J connectivity index is 2.19. The molecule has 0 fully saturated rings. The van der Waals surface area contributed by atoms with E-state index in [9.17, 15) is 9.59 Å². The monoisotopic (exact) mass is 406 g/mol. The summed E-state index contributed by atoms with van der Waals surface area (Å²) in [5.74, 6) is 0.186. The first kappa shape index (κ1) is 23.5. The molecule has 0 aliphatic heterocycles. The van der Waals surface area contributed by atoms with Crippen molar-refractivity contribution in [1.82, 2.24) is 0 Å². The molecule has 2 rings (SSSR count). The minimum absolute atomic E-state index is 0.0447. The zero-order chi connectivity index (χ0) is 22.7. The zero-order valence-corrected chi connectivity index (χ0v) is 19.3. The number of esters is 1. The first-order valence-electron chi connectivity index (χ1n) is 10.1. The Morgan fingerprint density at radius 3 is 1.97 bits per heavy atom. The highest BCUT2D eigenvalue weighted by Crippen LogP contribution is 2.30. The van der Waals surface area contributed by atoms with E-state index < -0.39 is 17.2 Å². The van der Waals surface area contributed by atoms with Crippen molar-refractivity contribution in [2.45, 2.75) is 59.7 Å². The highest BCUT2D eigenvalue weighted by Gasteiger charge is 2.35. The summed E-state index contributed by atoms with van der Waals surface area (Å²) in [7, 11) is 1.99. The molecular weight excluding hydrogens is 375 g/mol. The normalized spacial score (nSPS) is 12.1. The second kappa shape index (κ2) is 8.91. The van der Waals surface area contributed by atoms with Gasteiger partial charge in [-0.2, -0.15) is 0 Å². The van der Waals surface area contributed by atoms with E-state index in [-0.39, 0.29) is 5.78 Å². The molecular formula is C25H31BO4. The van der Waals surface area contributed by atoms with Crippen LogP contribution in [0.25, 0.3) is 6.08 Å². The van der Waals surface area contributed by atoms with E-state index in [1.165, 1.54) is 0 Å². The van der Waals surface area contributed by atoms with Crippen LogP contribution in [0.1, 0.15) is 61.7 Å². The van der Waals surface area contributed by atoms with Crippen molar-refractivity contribution in [3.63, 3.8) is 0 Å². The fourth-order valence-electron chi connectivity index (χ4n) is 2.92.